The lowest BCUT2D eigenvalue weighted by Crippen LogP contribution is -2.35. The van der Waals surface area contributed by atoms with Crippen molar-refractivity contribution >= 4 is 32.2 Å². The number of hydrogen-bond donors (Lipinski definition) is 1. The van der Waals surface area contributed by atoms with Gasteiger partial charge in [0.05, 0.1) is 24.4 Å². The first-order valence-corrected chi connectivity index (χ1v) is 9.37. The number of nitrogens with one attached hydrogen (secondary N) is 1. The number of ether oxygens (including phenoxy) is 1. The van der Waals surface area contributed by atoms with Crippen LogP contribution in [0.5, 0.6) is 5.88 Å². The van der Waals surface area contributed by atoms with Crippen molar-refractivity contribution in [2.24, 2.45) is 0 Å². The molecular weight excluding hydrogens is 340 g/mol. The van der Waals surface area contributed by atoms with Gasteiger partial charge in [0.15, 0.2) is 9.84 Å². The van der Waals surface area contributed by atoms with Crippen LogP contribution in [0.1, 0.15) is 22.8 Å². The summed E-state index contributed by atoms with van der Waals surface area (Å²) in [5.74, 6) is -0.376. The molecule has 25 heavy (non-hydrogen) atoms. The molecular formula is C18H18N2O4S. The lowest BCUT2D eigenvalue weighted by molar-refractivity contribution is 0.0944. The number of rotatable bonds is 4. The fourth-order valence-electron chi connectivity index (χ4n) is 2.65. The molecule has 2 aromatic rings. The van der Waals surface area contributed by atoms with Gasteiger partial charge in [0.2, 0.25) is 5.88 Å². The Kier molecular flexibility index (Phi) is 4.34. The number of fused-ring (bicyclic) bond motifs is 1. The number of allylic oxidation sites excluding steroid dienone is 1. The van der Waals surface area contributed by atoms with Crippen LogP contribution in [0.3, 0.4) is 0 Å². The van der Waals surface area contributed by atoms with Crippen molar-refractivity contribution < 1.29 is 17.9 Å². The van der Waals surface area contributed by atoms with Crippen molar-refractivity contribution in [1.29, 1.82) is 0 Å². The van der Waals surface area contributed by atoms with Crippen LogP contribution in [0.25, 0.3) is 16.5 Å². The topological polar surface area (TPSA) is 85.4 Å². The van der Waals surface area contributed by atoms with Gasteiger partial charge in [-0.25, -0.2) is 13.4 Å². The van der Waals surface area contributed by atoms with E-state index in [1.165, 1.54) is 13.2 Å². The third kappa shape index (κ3) is 3.56. The second-order valence-corrected chi connectivity index (χ2v) is 7.90. The molecule has 1 aliphatic rings. The highest BCUT2D eigenvalue weighted by Gasteiger charge is 2.25. The molecule has 0 saturated heterocycles. The van der Waals surface area contributed by atoms with Crippen LogP contribution >= 0.6 is 0 Å². The van der Waals surface area contributed by atoms with Gasteiger partial charge in [0.25, 0.3) is 5.91 Å². The number of amides is 1. The fraction of sp³-hybridized carbons (Fsp3) is 0.222. The molecule has 1 aliphatic heterocycles. The normalized spacial score (nSPS) is 18.2. The average Bonchev–Trinajstić information content (AvgIpc) is 2.91. The molecule has 130 valence electrons. The van der Waals surface area contributed by atoms with Gasteiger partial charge in [-0.2, -0.15) is 0 Å². The Balaban J connectivity index is 1.97. The van der Waals surface area contributed by atoms with E-state index in [1.807, 2.05) is 25.1 Å². The molecule has 1 atom stereocenters. The van der Waals surface area contributed by atoms with Crippen LogP contribution in [0.15, 0.2) is 42.3 Å². The van der Waals surface area contributed by atoms with Gasteiger partial charge < -0.3 is 10.1 Å². The Labute approximate surface area is 146 Å². The monoisotopic (exact) mass is 358 g/mol. The van der Waals surface area contributed by atoms with E-state index in [1.54, 1.807) is 6.07 Å². The number of aromatic nitrogens is 1. The third-order valence-corrected chi connectivity index (χ3v) is 5.35. The van der Waals surface area contributed by atoms with Crippen LogP contribution in [0.2, 0.25) is 0 Å². The zero-order valence-electron chi connectivity index (χ0n) is 13.9. The molecule has 0 fully saturated rings. The minimum Gasteiger partial charge on any atom is -0.480 e. The highest BCUT2D eigenvalue weighted by molar-refractivity contribution is 7.94. The Bertz CT molecular complexity index is 1010. The molecule has 1 aromatic carbocycles. The van der Waals surface area contributed by atoms with Crippen LogP contribution in [0, 0.1) is 0 Å². The van der Waals surface area contributed by atoms with Crippen molar-refractivity contribution in [3.8, 4) is 5.88 Å². The highest BCUT2D eigenvalue weighted by Crippen LogP contribution is 2.25. The number of pyridine rings is 1. The molecule has 1 unspecified atom stereocenters. The summed E-state index contributed by atoms with van der Waals surface area (Å²) in [6, 6.07) is 6.79. The van der Waals surface area contributed by atoms with Gasteiger partial charge in [-0.3, -0.25) is 4.79 Å². The van der Waals surface area contributed by atoms with E-state index >= 15 is 0 Å². The maximum absolute atomic E-state index is 12.6. The standard InChI is InChI=1S/C18H18N2O4S/c1-11(2)12-4-5-16-13(8-12)9-15(18(20-16)24-3)17(21)19-14-6-7-25(22,23)10-14/h4-9,14H,1,10H2,2-3H3,(H,19,21). The average molecular weight is 358 g/mol. The van der Waals surface area contributed by atoms with Crippen LogP contribution < -0.4 is 10.1 Å². The van der Waals surface area contributed by atoms with Gasteiger partial charge in [-0.15, -0.1) is 0 Å². The number of carbonyl (C=O) groups excluding carboxylic acids is 1. The Morgan fingerprint density at radius 3 is 2.72 bits per heavy atom. The van der Waals surface area contributed by atoms with E-state index in [-0.39, 0.29) is 17.2 Å². The number of nitrogens with zero attached hydrogens (tertiary/aromatic N) is 1. The molecule has 3 rings (SSSR count). The highest BCUT2D eigenvalue weighted by atomic mass is 32.2. The van der Waals surface area contributed by atoms with Crippen LogP contribution in [-0.2, 0) is 9.84 Å². The number of methoxy groups -OCH3 is 1. The van der Waals surface area contributed by atoms with Gasteiger partial charge in [0, 0.05) is 10.8 Å². The molecule has 7 heteroatoms. The second kappa shape index (κ2) is 6.33. The molecule has 0 saturated carbocycles. The lowest BCUT2D eigenvalue weighted by Gasteiger charge is -2.13. The summed E-state index contributed by atoms with van der Waals surface area (Å²) < 4.78 is 28.2. The van der Waals surface area contributed by atoms with Crippen molar-refractivity contribution in [3.05, 3.63) is 53.5 Å². The molecule has 1 N–H and O–H groups in total. The minimum atomic E-state index is -3.24. The smallest absolute Gasteiger partial charge is 0.257 e. The molecule has 0 radical (unpaired) electrons. The molecule has 1 aromatic heterocycles. The number of sulfone groups is 1. The number of carbonyl (C=O) groups is 1. The number of hydrogen-bond acceptors (Lipinski definition) is 5. The maximum atomic E-state index is 12.6. The summed E-state index contributed by atoms with van der Waals surface area (Å²) in [5, 5.41) is 4.58. The molecule has 0 aliphatic carbocycles. The van der Waals surface area contributed by atoms with Crippen molar-refractivity contribution in [2.75, 3.05) is 12.9 Å². The molecule has 0 spiro atoms. The quantitative estimate of drug-likeness (QED) is 0.906. The maximum Gasteiger partial charge on any atom is 0.257 e. The second-order valence-electron chi connectivity index (χ2n) is 5.97. The van der Waals surface area contributed by atoms with E-state index in [0.717, 1.165) is 21.9 Å². The van der Waals surface area contributed by atoms with Crippen LogP contribution in [0.4, 0.5) is 0 Å². The van der Waals surface area contributed by atoms with Crippen molar-refractivity contribution in [3.63, 3.8) is 0 Å². The Morgan fingerprint density at radius 2 is 2.12 bits per heavy atom. The van der Waals surface area contributed by atoms with E-state index in [4.69, 9.17) is 4.74 Å². The molecule has 1 amide bonds. The Hall–Kier alpha value is -2.67. The van der Waals surface area contributed by atoms with Crippen LogP contribution in [-0.4, -0.2) is 38.2 Å². The van der Waals surface area contributed by atoms with Crippen molar-refractivity contribution in [2.45, 2.75) is 13.0 Å². The van der Waals surface area contributed by atoms with Gasteiger partial charge >= 0.3 is 0 Å². The van der Waals surface area contributed by atoms with E-state index in [0.29, 0.717) is 5.52 Å². The van der Waals surface area contributed by atoms with E-state index < -0.39 is 21.8 Å². The predicted octanol–water partition coefficient (Wildman–Crippen LogP) is 2.32. The number of benzene rings is 1. The zero-order valence-corrected chi connectivity index (χ0v) is 14.8. The minimum absolute atomic E-state index is 0.137. The summed E-state index contributed by atoms with van der Waals surface area (Å²) >= 11 is 0. The van der Waals surface area contributed by atoms with Gasteiger partial charge in [0.1, 0.15) is 5.56 Å². The third-order valence-electron chi connectivity index (χ3n) is 3.96. The van der Waals surface area contributed by atoms with E-state index in [9.17, 15) is 13.2 Å². The molecule has 2 heterocycles. The largest absolute Gasteiger partial charge is 0.480 e. The fourth-order valence-corrected chi connectivity index (χ4v) is 3.89. The first-order chi connectivity index (χ1) is 11.8. The van der Waals surface area contributed by atoms with E-state index in [2.05, 4.69) is 16.9 Å². The summed E-state index contributed by atoms with van der Waals surface area (Å²) in [6.07, 6.45) is 1.47. The SMILES string of the molecule is C=C(C)c1ccc2nc(OC)c(C(=O)NC3C=CS(=O)(=O)C3)cc2c1. The molecule has 0 bridgehead atoms. The summed E-state index contributed by atoms with van der Waals surface area (Å²) in [6.45, 7) is 5.82. The summed E-state index contributed by atoms with van der Waals surface area (Å²) in [4.78, 5) is 16.9. The predicted molar refractivity (Wildman–Crippen MR) is 97.2 cm³/mol. The summed E-state index contributed by atoms with van der Waals surface area (Å²) in [7, 11) is -1.80. The Morgan fingerprint density at radius 1 is 1.36 bits per heavy atom. The van der Waals surface area contributed by atoms with Crippen molar-refractivity contribution in [1.82, 2.24) is 10.3 Å². The van der Waals surface area contributed by atoms with Gasteiger partial charge in [-0.1, -0.05) is 18.2 Å². The first kappa shape index (κ1) is 17.2. The first-order valence-electron chi connectivity index (χ1n) is 7.65. The summed E-state index contributed by atoms with van der Waals surface area (Å²) in [5.41, 5.74) is 2.81. The zero-order chi connectivity index (χ0) is 18.2. The molecule has 6 nitrogen and oxygen atoms in total. The van der Waals surface area contributed by atoms with Gasteiger partial charge in [-0.05, 0) is 36.8 Å². The lowest BCUT2D eigenvalue weighted by atomic mass is 10.0.